The molecule has 0 spiro atoms. The summed E-state index contributed by atoms with van der Waals surface area (Å²) in [5.74, 6) is 0. The van der Waals surface area contributed by atoms with Crippen molar-refractivity contribution in [3.63, 3.8) is 0 Å². The lowest BCUT2D eigenvalue weighted by atomic mass is 10.2. The number of imidazole rings is 1. The van der Waals surface area contributed by atoms with E-state index in [2.05, 4.69) is 9.97 Å². The van der Waals surface area contributed by atoms with Gasteiger partial charge in [0.25, 0.3) is 0 Å². The van der Waals surface area contributed by atoms with Crippen molar-refractivity contribution in [2.45, 2.75) is 19.9 Å². The maximum atomic E-state index is 5.87. The number of pyridine rings is 1. The summed E-state index contributed by atoms with van der Waals surface area (Å²) in [6.45, 7) is 3.99. The van der Waals surface area contributed by atoms with Gasteiger partial charge in [0.1, 0.15) is 0 Å². The van der Waals surface area contributed by atoms with E-state index in [9.17, 15) is 0 Å². The molecule has 0 aromatic carbocycles. The van der Waals surface area contributed by atoms with Crippen LogP contribution < -0.4 is 5.73 Å². The molecule has 15 heavy (non-hydrogen) atoms. The van der Waals surface area contributed by atoms with Crippen molar-refractivity contribution in [3.8, 4) is 5.69 Å². The minimum absolute atomic E-state index is 0.0351. The summed E-state index contributed by atoms with van der Waals surface area (Å²) in [4.78, 5) is 8.23. The molecule has 0 radical (unpaired) electrons. The summed E-state index contributed by atoms with van der Waals surface area (Å²) >= 11 is 0. The summed E-state index contributed by atoms with van der Waals surface area (Å²) in [6.07, 6.45) is 7.16. The van der Waals surface area contributed by atoms with E-state index in [1.807, 2.05) is 30.7 Å². The Morgan fingerprint density at radius 3 is 2.80 bits per heavy atom. The first kappa shape index (κ1) is 9.86. The van der Waals surface area contributed by atoms with Gasteiger partial charge in [0.2, 0.25) is 0 Å². The lowest BCUT2D eigenvalue weighted by Crippen LogP contribution is -2.11. The van der Waals surface area contributed by atoms with Crippen LogP contribution in [0, 0.1) is 6.92 Å². The van der Waals surface area contributed by atoms with Crippen molar-refractivity contribution in [3.05, 3.63) is 42.2 Å². The molecule has 1 unspecified atom stereocenters. The molecule has 4 nitrogen and oxygen atoms in total. The molecule has 2 aromatic heterocycles. The highest BCUT2D eigenvalue weighted by atomic mass is 15.1. The minimum Gasteiger partial charge on any atom is -0.323 e. The van der Waals surface area contributed by atoms with E-state index in [1.54, 1.807) is 18.7 Å². The lowest BCUT2D eigenvalue weighted by Gasteiger charge is -2.12. The van der Waals surface area contributed by atoms with Gasteiger partial charge in [0.15, 0.2) is 0 Å². The molecule has 1 atom stereocenters. The van der Waals surface area contributed by atoms with E-state index >= 15 is 0 Å². The van der Waals surface area contributed by atoms with E-state index in [-0.39, 0.29) is 6.04 Å². The Labute approximate surface area is 88.8 Å². The number of hydrogen-bond donors (Lipinski definition) is 1. The maximum Gasteiger partial charge on any atom is 0.0995 e. The minimum atomic E-state index is -0.0351. The molecular formula is C11H14N4. The van der Waals surface area contributed by atoms with Crippen molar-refractivity contribution >= 4 is 0 Å². The summed E-state index contributed by atoms with van der Waals surface area (Å²) < 4.78 is 1.98. The van der Waals surface area contributed by atoms with Crippen molar-refractivity contribution < 1.29 is 0 Å². The Bertz CT molecular complexity index is 459. The van der Waals surface area contributed by atoms with Gasteiger partial charge in [0.05, 0.1) is 30.1 Å². The third-order valence-corrected chi connectivity index (χ3v) is 2.40. The summed E-state index contributed by atoms with van der Waals surface area (Å²) in [5, 5.41) is 0. The second kappa shape index (κ2) is 3.82. The number of nitrogens with zero attached hydrogens (tertiary/aromatic N) is 3. The fraction of sp³-hybridized carbons (Fsp3) is 0.273. The van der Waals surface area contributed by atoms with Gasteiger partial charge in [-0.15, -0.1) is 0 Å². The van der Waals surface area contributed by atoms with Gasteiger partial charge in [-0.3, -0.25) is 9.55 Å². The van der Waals surface area contributed by atoms with Gasteiger partial charge in [-0.1, -0.05) is 0 Å². The summed E-state index contributed by atoms with van der Waals surface area (Å²) in [6, 6.07) is 1.94. The van der Waals surface area contributed by atoms with Crippen LogP contribution in [0.5, 0.6) is 0 Å². The molecule has 4 heteroatoms. The van der Waals surface area contributed by atoms with Crippen LogP contribution in [-0.2, 0) is 0 Å². The fourth-order valence-electron chi connectivity index (χ4n) is 1.55. The van der Waals surface area contributed by atoms with Crippen LogP contribution in [0.3, 0.4) is 0 Å². The van der Waals surface area contributed by atoms with Gasteiger partial charge < -0.3 is 5.73 Å². The number of hydrogen-bond acceptors (Lipinski definition) is 3. The van der Waals surface area contributed by atoms with E-state index < -0.39 is 0 Å². The van der Waals surface area contributed by atoms with Gasteiger partial charge in [0, 0.05) is 12.2 Å². The molecule has 2 rings (SSSR count). The highest BCUT2D eigenvalue weighted by Gasteiger charge is 2.09. The average molecular weight is 202 g/mol. The Kier molecular flexibility index (Phi) is 2.51. The SMILES string of the molecule is Cc1ccncc1-n1cncc1C(C)N. The second-order valence-electron chi connectivity index (χ2n) is 3.64. The van der Waals surface area contributed by atoms with Crippen LogP contribution in [0.4, 0.5) is 0 Å². The molecule has 0 aliphatic carbocycles. The van der Waals surface area contributed by atoms with Gasteiger partial charge >= 0.3 is 0 Å². The Morgan fingerprint density at radius 2 is 2.13 bits per heavy atom. The van der Waals surface area contributed by atoms with Gasteiger partial charge in [-0.25, -0.2) is 4.98 Å². The molecular weight excluding hydrogens is 188 g/mol. The van der Waals surface area contributed by atoms with Crippen molar-refractivity contribution in [1.82, 2.24) is 14.5 Å². The maximum absolute atomic E-state index is 5.87. The first-order valence-electron chi connectivity index (χ1n) is 4.89. The molecule has 0 aliphatic rings. The first-order chi connectivity index (χ1) is 7.20. The molecule has 0 amide bonds. The molecule has 0 saturated carbocycles. The monoisotopic (exact) mass is 202 g/mol. The molecule has 2 N–H and O–H groups in total. The Balaban J connectivity index is 2.55. The van der Waals surface area contributed by atoms with Gasteiger partial charge in [-0.2, -0.15) is 0 Å². The van der Waals surface area contributed by atoms with Gasteiger partial charge in [-0.05, 0) is 25.5 Å². The molecule has 0 saturated heterocycles. The largest absolute Gasteiger partial charge is 0.323 e. The zero-order chi connectivity index (χ0) is 10.8. The quantitative estimate of drug-likeness (QED) is 0.804. The molecule has 0 aliphatic heterocycles. The van der Waals surface area contributed by atoms with E-state index in [0.29, 0.717) is 0 Å². The predicted molar refractivity (Wildman–Crippen MR) is 58.7 cm³/mol. The summed E-state index contributed by atoms with van der Waals surface area (Å²) in [7, 11) is 0. The average Bonchev–Trinajstić information content (AvgIpc) is 2.67. The highest BCUT2D eigenvalue weighted by molar-refractivity contribution is 5.39. The third kappa shape index (κ3) is 1.76. The van der Waals surface area contributed by atoms with Crippen LogP contribution in [0.15, 0.2) is 31.0 Å². The van der Waals surface area contributed by atoms with Crippen molar-refractivity contribution in [1.29, 1.82) is 0 Å². The zero-order valence-corrected chi connectivity index (χ0v) is 8.88. The topological polar surface area (TPSA) is 56.7 Å². The van der Waals surface area contributed by atoms with Crippen LogP contribution >= 0.6 is 0 Å². The van der Waals surface area contributed by atoms with Crippen LogP contribution in [0.1, 0.15) is 24.2 Å². The molecule has 0 fully saturated rings. The third-order valence-electron chi connectivity index (χ3n) is 2.40. The molecule has 2 aromatic rings. The zero-order valence-electron chi connectivity index (χ0n) is 8.88. The number of aromatic nitrogens is 3. The second-order valence-corrected chi connectivity index (χ2v) is 3.64. The van der Waals surface area contributed by atoms with Crippen molar-refractivity contribution in [2.75, 3.05) is 0 Å². The Morgan fingerprint density at radius 1 is 1.33 bits per heavy atom. The predicted octanol–water partition coefficient (Wildman–Crippen LogP) is 1.60. The first-order valence-corrected chi connectivity index (χ1v) is 4.89. The smallest absolute Gasteiger partial charge is 0.0995 e. The fourth-order valence-corrected chi connectivity index (χ4v) is 1.55. The van der Waals surface area contributed by atoms with E-state index in [4.69, 9.17) is 5.73 Å². The lowest BCUT2D eigenvalue weighted by molar-refractivity contribution is 0.750. The molecule has 78 valence electrons. The van der Waals surface area contributed by atoms with E-state index in [1.165, 1.54) is 0 Å². The van der Waals surface area contributed by atoms with Crippen LogP contribution in [0.25, 0.3) is 5.69 Å². The van der Waals surface area contributed by atoms with E-state index in [0.717, 1.165) is 16.9 Å². The normalized spacial score (nSPS) is 12.7. The molecule has 0 bridgehead atoms. The molecule has 2 heterocycles. The van der Waals surface area contributed by atoms with Crippen molar-refractivity contribution in [2.24, 2.45) is 5.73 Å². The Hall–Kier alpha value is -1.68. The summed E-state index contributed by atoms with van der Waals surface area (Å²) in [5.41, 5.74) is 9.04. The number of nitrogens with two attached hydrogens (primary N) is 1. The number of rotatable bonds is 2. The standard InChI is InChI=1S/C11H14N4/c1-8-3-4-13-5-10(8)15-7-14-6-11(15)9(2)12/h3-7,9H,12H2,1-2H3. The van der Waals surface area contributed by atoms with Crippen LogP contribution in [0.2, 0.25) is 0 Å². The highest BCUT2D eigenvalue weighted by Crippen LogP contribution is 2.17. The van der Waals surface area contributed by atoms with Crippen LogP contribution in [-0.4, -0.2) is 14.5 Å². The number of aryl methyl sites for hydroxylation is 1.